The van der Waals surface area contributed by atoms with Crippen LogP contribution in [0.15, 0.2) is 65.8 Å². The maximum Gasteiger partial charge on any atom is 0.166 e. The summed E-state index contributed by atoms with van der Waals surface area (Å²) < 4.78 is 5.11. The van der Waals surface area contributed by atoms with Gasteiger partial charge in [0.15, 0.2) is 5.16 Å². The second-order valence-corrected chi connectivity index (χ2v) is 5.92. The van der Waals surface area contributed by atoms with E-state index in [0.29, 0.717) is 6.61 Å². The number of nitrogens with one attached hydrogen (secondary N) is 1. The lowest BCUT2D eigenvalue weighted by Crippen LogP contribution is -1.91. The maximum absolute atomic E-state index is 5.11. The monoisotopic (exact) mass is 310 g/mol. The van der Waals surface area contributed by atoms with Crippen LogP contribution < -0.4 is 0 Å². The lowest BCUT2D eigenvalue weighted by Gasteiger charge is -2.02. The van der Waals surface area contributed by atoms with E-state index in [1.54, 1.807) is 18.9 Å². The molecule has 1 aromatic heterocycles. The van der Waals surface area contributed by atoms with E-state index < -0.39 is 0 Å². The summed E-state index contributed by atoms with van der Waals surface area (Å²) in [5, 5.41) is 0.926. The zero-order valence-corrected chi connectivity index (χ0v) is 13.3. The predicted molar refractivity (Wildman–Crippen MR) is 92.1 cm³/mol. The Kier molecular flexibility index (Phi) is 4.93. The number of aromatic nitrogens is 2. The molecule has 0 aliphatic carbocycles. The lowest BCUT2D eigenvalue weighted by atomic mass is 10.1. The topological polar surface area (TPSA) is 37.9 Å². The van der Waals surface area contributed by atoms with Crippen molar-refractivity contribution in [3.05, 3.63) is 60.7 Å². The molecule has 4 heteroatoms. The van der Waals surface area contributed by atoms with Gasteiger partial charge in [0, 0.05) is 24.0 Å². The van der Waals surface area contributed by atoms with Gasteiger partial charge in [-0.15, -0.1) is 0 Å². The van der Waals surface area contributed by atoms with Crippen molar-refractivity contribution < 1.29 is 4.74 Å². The van der Waals surface area contributed by atoms with Crippen molar-refractivity contribution >= 4 is 11.8 Å². The number of rotatable bonds is 6. The Bertz CT molecular complexity index is 653. The number of ether oxygens (including phenoxy) is 1. The Balaban J connectivity index is 1.99. The molecule has 0 unspecified atom stereocenters. The maximum atomic E-state index is 5.11. The first-order valence-electron chi connectivity index (χ1n) is 7.21. The van der Waals surface area contributed by atoms with Crippen LogP contribution in [-0.2, 0) is 4.74 Å². The molecule has 3 rings (SSSR count). The summed E-state index contributed by atoms with van der Waals surface area (Å²) in [5.74, 6) is 0.881. The molecule has 0 saturated heterocycles. The summed E-state index contributed by atoms with van der Waals surface area (Å²) in [6, 6.07) is 20.6. The van der Waals surface area contributed by atoms with E-state index in [4.69, 9.17) is 9.72 Å². The minimum absolute atomic E-state index is 0.715. The van der Waals surface area contributed by atoms with Crippen molar-refractivity contribution in [1.29, 1.82) is 0 Å². The van der Waals surface area contributed by atoms with Crippen LogP contribution >= 0.6 is 11.8 Å². The third-order valence-corrected chi connectivity index (χ3v) is 4.16. The summed E-state index contributed by atoms with van der Waals surface area (Å²) in [7, 11) is 1.72. The number of aromatic amines is 1. The van der Waals surface area contributed by atoms with Crippen LogP contribution in [0, 0.1) is 0 Å². The molecule has 0 bridgehead atoms. The quantitative estimate of drug-likeness (QED) is 0.539. The molecule has 0 aliphatic heterocycles. The van der Waals surface area contributed by atoms with Gasteiger partial charge in [-0.05, 0) is 0 Å². The fourth-order valence-corrected chi connectivity index (χ4v) is 3.03. The molecule has 3 aromatic rings. The van der Waals surface area contributed by atoms with Crippen LogP contribution in [0.25, 0.3) is 22.5 Å². The van der Waals surface area contributed by atoms with E-state index in [9.17, 15) is 0 Å². The molecule has 1 N–H and O–H groups in total. The van der Waals surface area contributed by atoms with Crippen molar-refractivity contribution in [3.63, 3.8) is 0 Å². The minimum Gasteiger partial charge on any atom is -0.384 e. The average Bonchev–Trinajstić information content (AvgIpc) is 3.01. The standard InChI is InChI=1S/C18H18N2OS/c1-21-12-13-22-18-19-16(14-8-4-2-5-9-14)17(20-18)15-10-6-3-7-11-15/h2-11H,12-13H2,1H3,(H,19,20). The third-order valence-electron chi connectivity index (χ3n) is 3.32. The predicted octanol–water partition coefficient (Wildman–Crippen LogP) is 4.48. The van der Waals surface area contributed by atoms with Crippen molar-refractivity contribution in [2.45, 2.75) is 5.16 Å². The van der Waals surface area contributed by atoms with E-state index in [1.165, 1.54) is 0 Å². The molecule has 0 radical (unpaired) electrons. The first-order valence-corrected chi connectivity index (χ1v) is 8.19. The van der Waals surface area contributed by atoms with Gasteiger partial charge in [-0.2, -0.15) is 0 Å². The summed E-state index contributed by atoms with van der Waals surface area (Å²) in [6.45, 7) is 0.715. The smallest absolute Gasteiger partial charge is 0.166 e. The van der Waals surface area contributed by atoms with Crippen LogP contribution in [0.1, 0.15) is 0 Å². The molecule has 0 spiro atoms. The summed E-state index contributed by atoms with van der Waals surface area (Å²) >= 11 is 1.68. The third kappa shape index (κ3) is 3.40. The van der Waals surface area contributed by atoms with E-state index in [0.717, 1.165) is 33.4 Å². The molecule has 2 aromatic carbocycles. The fraction of sp³-hybridized carbons (Fsp3) is 0.167. The molecule has 112 valence electrons. The molecule has 0 atom stereocenters. The van der Waals surface area contributed by atoms with Gasteiger partial charge >= 0.3 is 0 Å². The largest absolute Gasteiger partial charge is 0.384 e. The SMILES string of the molecule is COCCSc1nc(-c2ccccc2)c(-c2ccccc2)[nH]1. The number of benzene rings is 2. The van der Waals surface area contributed by atoms with Gasteiger partial charge in [0.05, 0.1) is 18.0 Å². The van der Waals surface area contributed by atoms with Gasteiger partial charge in [0.1, 0.15) is 0 Å². The van der Waals surface area contributed by atoms with Gasteiger partial charge in [-0.25, -0.2) is 4.98 Å². The Morgan fingerprint density at radius 3 is 2.23 bits per heavy atom. The molecular weight excluding hydrogens is 292 g/mol. The first-order chi connectivity index (χ1) is 10.9. The summed E-state index contributed by atoms with van der Waals surface area (Å²) in [5.41, 5.74) is 4.32. The Morgan fingerprint density at radius 1 is 0.955 bits per heavy atom. The van der Waals surface area contributed by atoms with Gasteiger partial charge in [-0.1, -0.05) is 72.4 Å². The minimum atomic E-state index is 0.715. The zero-order chi connectivity index (χ0) is 15.2. The number of methoxy groups -OCH3 is 1. The number of hydrogen-bond acceptors (Lipinski definition) is 3. The molecule has 0 fully saturated rings. The highest BCUT2D eigenvalue weighted by atomic mass is 32.2. The molecule has 0 amide bonds. The van der Waals surface area contributed by atoms with Crippen molar-refractivity contribution in [2.75, 3.05) is 19.5 Å². The molecule has 1 heterocycles. The van der Waals surface area contributed by atoms with Crippen molar-refractivity contribution in [1.82, 2.24) is 9.97 Å². The lowest BCUT2D eigenvalue weighted by molar-refractivity contribution is 0.218. The molecular formula is C18H18N2OS. The first kappa shape index (κ1) is 14.9. The molecule has 22 heavy (non-hydrogen) atoms. The van der Waals surface area contributed by atoms with Gasteiger partial charge in [-0.3, -0.25) is 0 Å². The van der Waals surface area contributed by atoms with Crippen LogP contribution in [0.3, 0.4) is 0 Å². The fourth-order valence-electron chi connectivity index (χ4n) is 2.26. The number of nitrogens with zero attached hydrogens (tertiary/aromatic N) is 1. The number of thioether (sulfide) groups is 1. The van der Waals surface area contributed by atoms with Crippen LogP contribution in [0.2, 0.25) is 0 Å². The Morgan fingerprint density at radius 2 is 1.59 bits per heavy atom. The Labute approximate surface area is 134 Å². The van der Waals surface area contributed by atoms with Gasteiger partial charge in [0.25, 0.3) is 0 Å². The molecule has 0 saturated carbocycles. The average molecular weight is 310 g/mol. The van der Waals surface area contributed by atoms with E-state index in [2.05, 4.69) is 29.2 Å². The van der Waals surface area contributed by atoms with Gasteiger partial charge < -0.3 is 9.72 Å². The normalized spacial score (nSPS) is 10.8. The van der Waals surface area contributed by atoms with Crippen molar-refractivity contribution in [3.8, 4) is 22.5 Å². The second kappa shape index (κ2) is 7.29. The van der Waals surface area contributed by atoms with Crippen LogP contribution in [-0.4, -0.2) is 29.4 Å². The number of H-pyrrole nitrogens is 1. The van der Waals surface area contributed by atoms with E-state index in [1.807, 2.05) is 36.4 Å². The number of imidazole rings is 1. The van der Waals surface area contributed by atoms with Crippen LogP contribution in [0.4, 0.5) is 0 Å². The summed E-state index contributed by atoms with van der Waals surface area (Å²) in [6.07, 6.45) is 0. The van der Waals surface area contributed by atoms with Crippen molar-refractivity contribution in [2.24, 2.45) is 0 Å². The highest BCUT2D eigenvalue weighted by molar-refractivity contribution is 7.99. The van der Waals surface area contributed by atoms with E-state index in [-0.39, 0.29) is 0 Å². The second-order valence-electron chi connectivity index (χ2n) is 4.84. The number of hydrogen-bond donors (Lipinski definition) is 1. The van der Waals surface area contributed by atoms with Gasteiger partial charge in [0.2, 0.25) is 0 Å². The highest BCUT2D eigenvalue weighted by Crippen LogP contribution is 2.32. The van der Waals surface area contributed by atoms with E-state index >= 15 is 0 Å². The van der Waals surface area contributed by atoms with Crippen LogP contribution in [0.5, 0.6) is 0 Å². The zero-order valence-electron chi connectivity index (χ0n) is 12.5. The highest BCUT2D eigenvalue weighted by Gasteiger charge is 2.13. The molecule has 0 aliphatic rings. The Hall–Kier alpha value is -2.04. The summed E-state index contributed by atoms with van der Waals surface area (Å²) in [4.78, 5) is 8.23. The molecule has 3 nitrogen and oxygen atoms in total.